The van der Waals surface area contributed by atoms with Gasteiger partial charge < -0.3 is 10.5 Å². The standard InChI is InChI=1S/C16H16BrNO/c17-13-7-5-12(6-8-13)11-16(18)9-10-19-15-4-2-1-3-14(15)16/h1-8H,9-11,18H2. The first-order valence-corrected chi connectivity index (χ1v) is 7.22. The Morgan fingerprint density at radius 1 is 1.11 bits per heavy atom. The lowest BCUT2D eigenvalue weighted by atomic mass is 9.80. The molecule has 0 spiro atoms. The summed E-state index contributed by atoms with van der Waals surface area (Å²) in [6.45, 7) is 0.685. The monoisotopic (exact) mass is 317 g/mol. The minimum Gasteiger partial charge on any atom is -0.493 e. The van der Waals surface area contributed by atoms with Gasteiger partial charge in [-0.25, -0.2) is 0 Å². The molecule has 0 fully saturated rings. The lowest BCUT2D eigenvalue weighted by Gasteiger charge is -2.35. The first kappa shape index (κ1) is 12.7. The quantitative estimate of drug-likeness (QED) is 0.918. The van der Waals surface area contributed by atoms with Crippen molar-refractivity contribution >= 4 is 15.9 Å². The van der Waals surface area contributed by atoms with E-state index < -0.39 is 0 Å². The second-order valence-electron chi connectivity index (χ2n) is 5.05. The summed E-state index contributed by atoms with van der Waals surface area (Å²) in [7, 11) is 0. The Kier molecular flexibility index (Phi) is 3.33. The van der Waals surface area contributed by atoms with Crippen LogP contribution in [0.25, 0.3) is 0 Å². The maximum Gasteiger partial charge on any atom is 0.124 e. The fourth-order valence-electron chi connectivity index (χ4n) is 2.63. The van der Waals surface area contributed by atoms with Crippen molar-refractivity contribution in [3.63, 3.8) is 0 Å². The largest absolute Gasteiger partial charge is 0.493 e. The number of hydrogen-bond acceptors (Lipinski definition) is 2. The average Bonchev–Trinajstić information content (AvgIpc) is 2.42. The van der Waals surface area contributed by atoms with Gasteiger partial charge in [-0.2, -0.15) is 0 Å². The van der Waals surface area contributed by atoms with Crippen molar-refractivity contribution in [2.75, 3.05) is 6.61 Å². The highest BCUT2D eigenvalue weighted by Crippen LogP contribution is 2.37. The fourth-order valence-corrected chi connectivity index (χ4v) is 2.90. The van der Waals surface area contributed by atoms with Crippen molar-refractivity contribution < 1.29 is 4.74 Å². The van der Waals surface area contributed by atoms with Gasteiger partial charge in [0.1, 0.15) is 5.75 Å². The number of fused-ring (bicyclic) bond motifs is 1. The maximum atomic E-state index is 6.65. The zero-order chi connectivity index (χ0) is 13.3. The molecule has 1 atom stereocenters. The second-order valence-corrected chi connectivity index (χ2v) is 5.97. The van der Waals surface area contributed by atoms with E-state index in [1.807, 2.05) is 18.2 Å². The first-order chi connectivity index (χ1) is 9.17. The van der Waals surface area contributed by atoms with Gasteiger partial charge in [0.25, 0.3) is 0 Å². The summed E-state index contributed by atoms with van der Waals surface area (Å²) in [5.41, 5.74) is 8.69. The third kappa shape index (κ3) is 2.53. The van der Waals surface area contributed by atoms with Gasteiger partial charge in [-0.05, 0) is 30.2 Å². The van der Waals surface area contributed by atoms with E-state index in [1.54, 1.807) is 0 Å². The summed E-state index contributed by atoms with van der Waals surface area (Å²) in [5, 5.41) is 0. The molecule has 2 nitrogen and oxygen atoms in total. The van der Waals surface area contributed by atoms with Gasteiger partial charge >= 0.3 is 0 Å². The third-order valence-electron chi connectivity index (χ3n) is 3.66. The summed E-state index contributed by atoms with van der Waals surface area (Å²) < 4.78 is 6.78. The highest BCUT2D eigenvalue weighted by molar-refractivity contribution is 9.10. The predicted octanol–water partition coefficient (Wildman–Crippen LogP) is 3.63. The molecule has 0 bridgehead atoms. The van der Waals surface area contributed by atoms with E-state index in [1.165, 1.54) is 5.56 Å². The normalized spacial score (nSPS) is 21.6. The molecule has 0 saturated heterocycles. The zero-order valence-corrected chi connectivity index (χ0v) is 12.2. The van der Waals surface area contributed by atoms with E-state index in [2.05, 4.69) is 46.3 Å². The van der Waals surface area contributed by atoms with Crippen molar-refractivity contribution in [1.82, 2.24) is 0 Å². The Hall–Kier alpha value is -1.32. The Balaban J connectivity index is 1.93. The van der Waals surface area contributed by atoms with Crippen LogP contribution in [0.15, 0.2) is 53.0 Å². The van der Waals surface area contributed by atoms with Gasteiger partial charge in [0.05, 0.1) is 12.1 Å². The van der Waals surface area contributed by atoms with Crippen LogP contribution in [0.1, 0.15) is 17.5 Å². The minimum absolute atomic E-state index is 0.331. The summed E-state index contributed by atoms with van der Waals surface area (Å²) >= 11 is 3.46. The summed E-state index contributed by atoms with van der Waals surface area (Å²) in [6.07, 6.45) is 1.68. The van der Waals surface area contributed by atoms with Gasteiger partial charge in [-0.3, -0.25) is 0 Å². The molecule has 1 aliphatic heterocycles. The molecule has 3 heteroatoms. The molecule has 98 valence electrons. The molecule has 0 radical (unpaired) electrons. The molecule has 1 aliphatic rings. The van der Waals surface area contributed by atoms with E-state index in [4.69, 9.17) is 10.5 Å². The van der Waals surface area contributed by atoms with Crippen LogP contribution >= 0.6 is 15.9 Å². The van der Waals surface area contributed by atoms with Crippen molar-refractivity contribution in [3.05, 3.63) is 64.1 Å². The molecule has 2 N–H and O–H groups in total. The molecule has 0 aliphatic carbocycles. The number of hydrogen-bond donors (Lipinski definition) is 1. The average molecular weight is 318 g/mol. The smallest absolute Gasteiger partial charge is 0.124 e. The SMILES string of the molecule is NC1(Cc2ccc(Br)cc2)CCOc2ccccc21. The first-order valence-electron chi connectivity index (χ1n) is 6.43. The van der Waals surface area contributed by atoms with Crippen LogP contribution in [-0.2, 0) is 12.0 Å². The number of ether oxygens (including phenoxy) is 1. The van der Waals surface area contributed by atoms with Gasteiger partial charge in [-0.1, -0.05) is 46.3 Å². The van der Waals surface area contributed by atoms with Crippen LogP contribution in [0.3, 0.4) is 0 Å². The molecule has 1 unspecified atom stereocenters. The molecule has 2 aromatic rings. The van der Waals surface area contributed by atoms with Crippen LogP contribution in [0, 0.1) is 0 Å². The molecule has 1 heterocycles. The number of benzene rings is 2. The predicted molar refractivity (Wildman–Crippen MR) is 80.3 cm³/mol. The fraction of sp³-hybridized carbons (Fsp3) is 0.250. The van der Waals surface area contributed by atoms with E-state index in [-0.39, 0.29) is 5.54 Å². The molecule has 0 amide bonds. The van der Waals surface area contributed by atoms with Crippen LogP contribution in [0.4, 0.5) is 0 Å². The Bertz CT molecular complexity index is 582. The highest BCUT2D eigenvalue weighted by Gasteiger charge is 2.33. The van der Waals surface area contributed by atoms with Crippen LogP contribution < -0.4 is 10.5 Å². The van der Waals surface area contributed by atoms with E-state index in [0.29, 0.717) is 6.61 Å². The lowest BCUT2D eigenvalue weighted by molar-refractivity contribution is 0.215. The maximum absolute atomic E-state index is 6.65. The molecule has 2 aromatic carbocycles. The van der Waals surface area contributed by atoms with Crippen molar-refractivity contribution in [2.45, 2.75) is 18.4 Å². The van der Waals surface area contributed by atoms with Crippen molar-refractivity contribution in [3.8, 4) is 5.75 Å². The molecule has 0 aromatic heterocycles. The minimum atomic E-state index is -0.331. The Morgan fingerprint density at radius 2 is 1.84 bits per heavy atom. The van der Waals surface area contributed by atoms with Crippen LogP contribution in [-0.4, -0.2) is 6.61 Å². The Morgan fingerprint density at radius 3 is 2.63 bits per heavy atom. The van der Waals surface area contributed by atoms with Crippen molar-refractivity contribution in [2.24, 2.45) is 5.73 Å². The molecule has 3 rings (SSSR count). The highest BCUT2D eigenvalue weighted by atomic mass is 79.9. The summed E-state index contributed by atoms with van der Waals surface area (Å²) in [5.74, 6) is 0.924. The molecular weight excluding hydrogens is 302 g/mol. The number of halogens is 1. The number of rotatable bonds is 2. The van der Waals surface area contributed by atoms with Crippen LogP contribution in [0.2, 0.25) is 0 Å². The van der Waals surface area contributed by atoms with Gasteiger partial charge in [0.2, 0.25) is 0 Å². The molecule has 19 heavy (non-hydrogen) atoms. The molecule has 0 saturated carbocycles. The number of nitrogens with two attached hydrogens (primary N) is 1. The van der Waals surface area contributed by atoms with Crippen LogP contribution in [0.5, 0.6) is 5.75 Å². The van der Waals surface area contributed by atoms with E-state index >= 15 is 0 Å². The summed E-state index contributed by atoms with van der Waals surface area (Å²) in [4.78, 5) is 0. The van der Waals surface area contributed by atoms with Gasteiger partial charge in [0.15, 0.2) is 0 Å². The molecular formula is C16H16BrNO. The van der Waals surface area contributed by atoms with Gasteiger partial charge in [-0.15, -0.1) is 0 Å². The topological polar surface area (TPSA) is 35.2 Å². The zero-order valence-electron chi connectivity index (χ0n) is 10.6. The summed E-state index contributed by atoms with van der Waals surface area (Å²) in [6, 6.07) is 16.5. The van der Waals surface area contributed by atoms with E-state index in [9.17, 15) is 0 Å². The van der Waals surface area contributed by atoms with Gasteiger partial charge in [0, 0.05) is 16.5 Å². The number of para-hydroxylation sites is 1. The third-order valence-corrected chi connectivity index (χ3v) is 4.19. The second kappa shape index (κ2) is 4.99. The Labute approximate surface area is 121 Å². The van der Waals surface area contributed by atoms with Crippen molar-refractivity contribution in [1.29, 1.82) is 0 Å². The van der Waals surface area contributed by atoms with E-state index in [0.717, 1.165) is 28.6 Å². The lowest BCUT2D eigenvalue weighted by Crippen LogP contribution is -2.43.